The maximum Gasteiger partial charge on any atom is 0.273 e. The number of aromatic nitrogens is 1. The van der Waals surface area contributed by atoms with Crippen molar-refractivity contribution in [3.05, 3.63) is 74.9 Å². The molecular formula is C17H12ClN3O3. The fourth-order valence-corrected chi connectivity index (χ4v) is 2.73. The molecule has 24 heavy (non-hydrogen) atoms. The Hall–Kier alpha value is -2.99. The van der Waals surface area contributed by atoms with Gasteiger partial charge in [-0.15, -0.1) is 0 Å². The number of nitrogens with one attached hydrogen (secondary N) is 1. The highest BCUT2D eigenvalue weighted by molar-refractivity contribution is 6.32. The lowest BCUT2D eigenvalue weighted by molar-refractivity contribution is -0.385. The van der Waals surface area contributed by atoms with Gasteiger partial charge in [0.1, 0.15) is 0 Å². The molecule has 1 amide bonds. The van der Waals surface area contributed by atoms with E-state index in [4.69, 9.17) is 11.6 Å². The predicted octanol–water partition coefficient (Wildman–Crippen LogP) is 4.36. The smallest absolute Gasteiger partial charge is 0.273 e. The Morgan fingerprint density at radius 2 is 2.04 bits per heavy atom. The van der Waals surface area contributed by atoms with Gasteiger partial charge in [0.2, 0.25) is 0 Å². The molecule has 0 aliphatic heterocycles. The molecule has 0 saturated carbocycles. The maximum atomic E-state index is 12.6. The lowest BCUT2D eigenvalue weighted by Gasteiger charge is -2.10. The molecule has 0 atom stereocenters. The molecular weight excluding hydrogens is 330 g/mol. The fraction of sp³-hybridized carbons (Fsp3) is 0.0588. The number of amides is 1. The number of rotatable bonds is 3. The summed E-state index contributed by atoms with van der Waals surface area (Å²) in [7, 11) is 0. The number of fused-ring (bicyclic) bond motifs is 1. The fourth-order valence-electron chi connectivity index (χ4n) is 2.51. The Labute approximate surface area is 142 Å². The van der Waals surface area contributed by atoms with Gasteiger partial charge in [-0.3, -0.25) is 19.9 Å². The van der Waals surface area contributed by atoms with Crippen LogP contribution < -0.4 is 5.32 Å². The summed E-state index contributed by atoms with van der Waals surface area (Å²) in [5, 5.41) is 15.0. The number of hydrogen-bond donors (Lipinski definition) is 1. The molecule has 6 nitrogen and oxygen atoms in total. The van der Waals surface area contributed by atoms with Crippen LogP contribution in [0.5, 0.6) is 0 Å². The Kier molecular flexibility index (Phi) is 4.14. The highest BCUT2D eigenvalue weighted by Gasteiger charge is 2.18. The third-order valence-electron chi connectivity index (χ3n) is 3.66. The summed E-state index contributed by atoms with van der Waals surface area (Å²) in [5.74, 6) is -0.453. The van der Waals surface area contributed by atoms with Crippen LogP contribution in [-0.4, -0.2) is 15.8 Å². The van der Waals surface area contributed by atoms with Gasteiger partial charge in [0, 0.05) is 33.8 Å². The molecule has 0 fully saturated rings. The first-order valence-corrected chi connectivity index (χ1v) is 7.45. The molecule has 0 saturated heterocycles. The van der Waals surface area contributed by atoms with E-state index in [9.17, 15) is 14.9 Å². The maximum absolute atomic E-state index is 12.6. The van der Waals surface area contributed by atoms with Crippen LogP contribution in [0.3, 0.4) is 0 Å². The van der Waals surface area contributed by atoms with Gasteiger partial charge in [-0.2, -0.15) is 0 Å². The summed E-state index contributed by atoms with van der Waals surface area (Å²) in [4.78, 5) is 27.3. The van der Waals surface area contributed by atoms with Gasteiger partial charge in [0.05, 0.1) is 16.1 Å². The zero-order valence-electron chi connectivity index (χ0n) is 12.6. The minimum atomic E-state index is -0.511. The summed E-state index contributed by atoms with van der Waals surface area (Å²) in [6, 6.07) is 11.3. The van der Waals surface area contributed by atoms with Crippen LogP contribution in [0.1, 0.15) is 15.9 Å². The second-order valence-electron chi connectivity index (χ2n) is 5.19. The zero-order chi connectivity index (χ0) is 17.3. The number of carbonyl (C=O) groups is 1. The van der Waals surface area contributed by atoms with Gasteiger partial charge in [-0.1, -0.05) is 23.7 Å². The van der Waals surface area contributed by atoms with E-state index in [-0.39, 0.29) is 11.3 Å². The van der Waals surface area contributed by atoms with Crippen LogP contribution in [0.4, 0.5) is 11.4 Å². The number of carbonyl (C=O) groups excluding carboxylic acids is 1. The van der Waals surface area contributed by atoms with Gasteiger partial charge in [0.15, 0.2) is 0 Å². The first kappa shape index (κ1) is 15.9. The molecule has 3 aromatic rings. The molecule has 1 N–H and O–H groups in total. The summed E-state index contributed by atoms with van der Waals surface area (Å²) in [5.41, 5.74) is 1.48. The Morgan fingerprint density at radius 3 is 2.79 bits per heavy atom. The van der Waals surface area contributed by atoms with E-state index in [2.05, 4.69) is 10.3 Å². The number of nitro benzene ring substituents is 1. The molecule has 0 unspecified atom stereocenters. The third kappa shape index (κ3) is 2.91. The van der Waals surface area contributed by atoms with Gasteiger partial charge >= 0.3 is 0 Å². The van der Waals surface area contributed by atoms with Crippen LogP contribution in [-0.2, 0) is 0 Å². The quantitative estimate of drug-likeness (QED) is 0.566. The van der Waals surface area contributed by atoms with Crippen molar-refractivity contribution in [1.29, 1.82) is 0 Å². The Balaban J connectivity index is 2.02. The number of pyridine rings is 1. The molecule has 120 valence electrons. The van der Waals surface area contributed by atoms with Crippen LogP contribution >= 0.6 is 11.6 Å². The lowest BCUT2D eigenvalue weighted by atomic mass is 10.1. The molecule has 0 spiro atoms. The van der Waals surface area contributed by atoms with Crippen molar-refractivity contribution in [2.24, 2.45) is 0 Å². The third-order valence-corrected chi connectivity index (χ3v) is 3.88. The largest absolute Gasteiger partial charge is 0.320 e. The van der Waals surface area contributed by atoms with E-state index in [1.54, 1.807) is 31.3 Å². The normalized spacial score (nSPS) is 10.6. The topological polar surface area (TPSA) is 85.1 Å². The lowest BCUT2D eigenvalue weighted by Crippen LogP contribution is -2.14. The molecule has 3 rings (SSSR count). The van der Waals surface area contributed by atoms with Crippen molar-refractivity contribution < 1.29 is 9.72 Å². The van der Waals surface area contributed by atoms with Crippen molar-refractivity contribution in [2.75, 3.05) is 5.32 Å². The second kappa shape index (κ2) is 6.25. The summed E-state index contributed by atoms with van der Waals surface area (Å²) in [6.45, 7) is 1.54. The standard InChI is InChI=1S/C17H12ClN3O3/c1-10-13(5-2-6-15(10)21(23)24)17(22)20-14-9-12(18)8-11-4-3-7-19-16(11)14/h2-9H,1H3,(H,20,22). The van der Waals surface area contributed by atoms with Crippen molar-refractivity contribution in [3.8, 4) is 0 Å². The Bertz CT molecular complexity index is 972. The SMILES string of the molecule is Cc1c(C(=O)Nc2cc(Cl)cc3cccnc23)cccc1[N+](=O)[O-]. The average molecular weight is 342 g/mol. The molecule has 0 radical (unpaired) electrons. The van der Waals surface area contributed by atoms with Crippen molar-refractivity contribution >= 4 is 39.8 Å². The van der Waals surface area contributed by atoms with Crippen molar-refractivity contribution in [3.63, 3.8) is 0 Å². The van der Waals surface area contributed by atoms with Crippen molar-refractivity contribution in [1.82, 2.24) is 4.98 Å². The molecule has 2 aromatic carbocycles. The number of nitrogens with zero attached hydrogens (tertiary/aromatic N) is 2. The van der Waals surface area contributed by atoms with E-state index >= 15 is 0 Å². The minimum Gasteiger partial charge on any atom is -0.320 e. The number of benzene rings is 2. The molecule has 7 heteroatoms. The zero-order valence-corrected chi connectivity index (χ0v) is 13.4. The van der Waals surface area contributed by atoms with Crippen LogP contribution in [0.2, 0.25) is 5.02 Å². The number of nitro groups is 1. The molecule has 0 bridgehead atoms. The van der Waals surface area contributed by atoms with E-state index < -0.39 is 10.8 Å². The van der Waals surface area contributed by atoms with Gasteiger partial charge in [-0.25, -0.2) is 0 Å². The van der Waals surface area contributed by atoms with Gasteiger partial charge in [-0.05, 0) is 31.2 Å². The van der Waals surface area contributed by atoms with Crippen LogP contribution in [0, 0.1) is 17.0 Å². The van der Waals surface area contributed by atoms with E-state index in [1.807, 2.05) is 6.07 Å². The summed E-state index contributed by atoms with van der Waals surface area (Å²) in [6.07, 6.45) is 1.62. The highest BCUT2D eigenvalue weighted by atomic mass is 35.5. The molecule has 0 aliphatic carbocycles. The molecule has 0 aliphatic rings. The first-order chi connectivity index (χ1) is 11.5. The summed E-state index contributed by atoms with van der Waals surface area (Å²) < 4.78 is 0. The van der Waals surface area contributed by atoms with Crippen molar-refractivity contribution in [2.45, 2.75) is 6.92 Å². The molecule has 1 heterocycles. The Morgan fingerprint density at radius 1 is 1.25 bits per heavy atom. The first-order valence-electron chi connectivity index (χ1n) is 7.07. The second-order valence-corrected chi connectivity index (χ2v) is 5.63. The molecule has 1 aromatic heterocycles. The number of anilines is 1. The van der Waals surface area contributed by atoms with E-state index in [0.29, 0.717) is 21.8 Å². The number of halogens is 1. The van der Waals surface area contributed by atoms with E-state index in [0.717, 1.165) is 5.39 Å². The van der Waals surface area contributed by atoms with Gasteiger partial charge < -0.3 is 5.32 Å². The minimum absolute atomic E-state index is 0.100. The highest BCUT2D eigenvalue weighted by Crippen LogP contribution is 2.28. The van der Waals surface area contributed by atoms with E-state index in [1.165, 1.54) is 18.2 Å². The summed E-state index contributed by atoms with van der Waals surface area (Å²) >= 11 is 6.08. The average Bonchev–Trinajstić information content (AvgIpc) is 2.54. The van der Waals surface area contributed by atoms with Crippen LogP contribution in [0.25, 0.3) is 10.9 Å². The number of hydrogen-bond acceptors (Lipinski definition) is 4. The van der Waals surface area contributed by atoms with Crippen LogP contribution in [0.15, 0.2) is 48.7 Å². The monoisotopic (exact) mass is 341 g/mol. The predicted molar refractivity (Wildman–Crippen MR) is 92.5 cm³/mol. The van der Waals surface area contributed by atoms with Gasteiger partial charge in [0.25, 0.3) is 11.6 Å².